The average Bonchev–Trinajstić information content (AvgIpc) is 2.64. The Morgan fingerprint density at radius 3 is 2.67 bits per heavy atom. The maximum Gasteiger partial charge on any atom is 0.00389 e. The molecule has 2 aliphatic rings. The summed E-state index contributed by atoms with van der Waals surface area (Å²) in [7, 11) is 0. The van der Waals surface area contributed by atoms with E-state index in [0.29, 0.717) is 6.04 Å². The lowest BCUT2D eigenvalue weighted by Gasteiger charge is -2.23. The summed E-state index contributed by atoms with van der Waals surface area (Å²) in [5.41, 5.74) is 5.98. The molecule has 4 unspecified atom stereocenters. The van der Waals surface area contributed by atoms with E-state index in [1.807, 2.05) is 0 Å². The summed E-state index contributed by atoms with van der Waals surface area (Å²) in [6.45, 7) is 2.21. The quantitative estimate of drug-likeness (QED) is 0.687. The molecule has 2 rings (SSSR count). The lowest BCUT2D eigenvalue weighted by molar-refractivity contribution is 0.292. The highest BCUT2D eigenvalue weighted by molar-refractivity contribution is 4.91. The number of rotatable bonds is 3. The maximum absolute atomic E-state index is 5.98. The first-order chi connectivity index (χ1) is 5.79. The van der Waals surface area contributed by atoms with Crippen molar-refractivity contribution in [1.82, 2.24) is 0 Å². The molecule has 4 atom stereocenters. The van der Waals surface area contributed by atoms with Crippen molar-refractivity contribution in [2.24, 2.45) is 23.5 Å². The minimum absolute atomic E-state index is 0.481. The normalized spacial score (nSPS) is 42.0. The van der Waals surface area contributed by atoms with E-state index in [1.54, 1.807) is 0 Å². The molecule has 2 saturated carbocycles. The third-order valence-electron chi connectivity index (χ3n) is 4.01. The van der Waals surface area contributed by atoms with E-state index in [9.17, 15) is 0 Å². The highest BCUT2D eigenvalue weighted by Crippen LogP contribution is 2.49. The molecule has 0 spiro atoms. The fourth-order valence-corrected chi connectivity index (χ4v) is 3.22. The fraction of sp³-hybridized carbons (Fsp3) is 1.00. The number of hydrogen-bond donors (Lipinski definition) is 1. The first-order valence-electron chi connectivity index (χ1n) is 5.55. The van der Waals surface area contributed by atoms with E-state index >= 15 is 0 Å². The van der Waals surface area contributed by atoms with Crippen molar-refractivity contribution in [2.75, 3.05) is 0 Å². The highest BCUT2D eigenvalue weighted by atomic mass is 14.6. The van der Waals surface area contributed by atoms with Gasteiger partial charge in [-0.15, -0.1) is 0 Å². The molecule has 0 aromatic carbocycles. The topological polar surface area (TPSA) is 26.0 Å². The predicted octanol–water partition coefficient (Wildman–Crippen LogP) is 2.55. The number of hydrogen-bond acceptors (Lipinski definition) is 1. The van der Waals surface area contributed by atoms with Gasteiger partial charge in [-0.25, -0.2) is 0 Å². The van der Waals surface area contributed by atoms with Crippen molar-refractivity contribution in [2.45, 2.75) is 51.5 Å². The zero-order valence-corrected chi connectivity index (χ0v) is 8.13. The molecule has 2 bridgehead atoms. The standard InChI is InChI=1S/C11H21N/c1-2-11(12)7-10-6-8-3-4-9(10)5-8/h8-11H,2-7,12H2,1H3. The van der Waals surface area contributed by atoms with Gasteiger partial charge in [0, 0.05) is 6.04 Å². The number of nitrogens with two attached hydrogens (primary N) is 1. The Morgan fingerprint density at radius 2 is 2.17 bits per heavy atom. The highest BCUT2D eigenvalue weighted by Gasteiger charge is 2.39. The summed E-state index contributed by atoms with van der Waals surface area (Å²) < 4.78 is 0. The van der Waals surface area contributed by atoms with Crippen molar-refractivity contribution in [1.29, 1.82) is 0 Å². The Bertz CT molecular complexity index is 155. The van der Waals surface area contributed by atoms with Gasteiger partial charge in [-0.05, 0) is 49.9 Å². The summed E-state index contributed by atoms with van der Waals surface area (Å²) in [5, 5.41) is 0. The molecule has 70 valence electrons. The van der Waals surface area contributed by atoms with Gasteiger partial charge < -0.3 is 5.73 Å². The van der Waals surface area contributed by atoms with Crippen molar-refractivity contribution < 1.29 is 0 Å². The Kier molecular flexibility index (Phi) is 2.40. The van der Waals surface area contributed by atoms with Gasteiger partial charge in [-0.3, -0.25) is 0 Å². The zero-order chi connectivity index (χ0) is 8.55. The van der Waals surface area contributed by atoms with E-state index in [4.69, 9.17) is 5.73 Å². The van der Waals surface area contributed by atoms with Crippen molar-refractivity contribution >= 4 is 0 Å². The first kappa shape index (κ1) is 8.55. The van der Waals surface area contributed by atoms with Crippen LogP contribution >= 0.6 is 0 Å². The molecule has 0 saturated heterocycles. The molecule has 2 aliphatic carbocycles. The molecule has 0 aromatic rings. The molecule has 0 amide bonds. The van der Waals surface area contributed by atoms with Crippen LogP contribution in [0.1, 0.15) is 45.4 Å². The van der Waals surface area contributed by atoms with Crippen LogP contribution in [0.5, 0.6) is 0 Å². The third kappa shape index (κ3) is 1.52. The molecule has 1 nitrogen and oxygen atoms in total. The molecular weight excluding hydrogens is 146 g/mol. The fourth-order valence-electron chi connectivity index (χ4n) is 3.22. The van der Waals surface area contributed by atoms with E-state index in [0.717, 1.165) is 24.2 Å². The average molecular weight is 167 g/mol. The van der Waals surface area contributed by atoms with Crippen LogP contribution in [0.15, 0.2) is 0 Å². The molecule has 0 radical (unpaired) electrons. The van der Waals surface area contributed by atoms with E-state index < -0.39 is 0 Å². The van der Waals surface area contributed by atoms with Crippen LogP contribution < -0.4 is 5.73 Å². The van der Waals surface area contributed by atoms with Crippen LogP contribution in [0.2, 0.25) is 0 Å². The van der Waals surface area contributed by atoms with E-state index in [2.05, 4.69) is 6.92 Å². The van der Waals surface area contributed by atoms with Crippen molar-refractivity contribution in [3.05, 3.63) is 0 Å². The lowest BCUT2D eigenvalue weighted by Crippen LogP contribution is -2.25. The first-order valence-corrected chi connectivity index (χ1v) is 5.55. The number of fused-ring (bicyclic) bond motifs is 2. The smallest absolute Gasteiger partial charge is 0.00389 e. The summed E-state index contributed by atoms with van der Waals surface area (Å²) in [5.74, 6) is 3.15. The molecule has 1 heteroatoms. The third-order valence-corrected chi connectivity index (χ3v) is 4.01. The minimum atomic E-state index is 0.481. The van der Waals surface area contributed by atoms with Crippen LogP contribution in [-0.2, 0) is 0 Å². The molecule has 0 heterocycles. The summed E-state index contributed by atoms with van der Waals surface area (Å²) in [4.78, 5) is 0. The second-order valence-corrected chi connectivity index (χ2v) is 4.84. The molecule has 2 N–H and O–H groups in total. The molecule has 12 heavy (non-hydrogen) atoms. The molecule has 0 aromatic heterocycles. The van der Waals surface area contributed by atoms with Crippen molar-refractivity contribution in [3.8, 4) is 0 Å². The summed E-state index contributed by atoms with van der Waals surface area (Å²) in [6.07, 6.45) is 8.51. The van der Waals surface area contributed by atoms with E-state index in [1.165, 1.54) is 32.1 Å². The summed E-state index contributed by atoms with van der Waals surface area (Å²) >= 11 is 0. The maximum atomic E-state index is 5.98. The molecule has 2 fully saturated rings. The van der Waals surface area contributed by atoms with Gasteiger partial charge in [-0.1, -0.05) is 13.3 Å². The Labute approximate surface area is 75.7 Å². The summed E-state index contributed by atoms with van der Waals surface area (Å²) in [6, 6.07) is 0.481. The van der Waals surface area contributed by atoms with E-state index in [-0.39, 0.29) is 0 Å². The van der Waals surface area contributed by atoms with Gasteiger partial charge >= 0.3 is 0 Å². The Hall–Kier alpha value is -0.0400. The van der Waals surface area contributed by atoms with Crippen LogP contribution in [0.25, 0.3) is 0 Å². The minimum Gasteiger partial charge on any atom is -0.328 e. The lowest BCUT2D eigenvalue weighted by atomic mass is 9.84. The van der Waals surface area contributed by atoms with Crippen LogP contribution in [0.3, 0.4) is 0 Å². The van der Waals surface area contributed by atoms with Gasteiger partial charge in [0.1, 0.15) is 0 Å². The SMILES string of the molecule is CCC(N)CC1CC2CCC1C2. The van der Waals surface area contributed by atoms with Gasteiger partial charge in [0.25, 0.3) is 0 Å². The second-order valence-electron chi connectivity index (χ2n) is 4.84. The zero-order valence-electron chi connectivity index (χ0n) is 8.13. The van der Waals surface area contributed by atoms with Crippen molar-refractivity contribution in [3.63, 3.8) is 0 Å². The van der Waals surface area contributed by atoms with Gasteiger partial charge in [0.2, 0.25) is 0 Å². The molecular formula is C11H21N. The molecule has 0 aliphatic heterocycles. The monoisotopic (exact) mass is 167 g/mol. The van der Waals surface area contributed by atoms with Crippen LogP contribution in [0.4, 0.5) is 0 Å². The second kappa shape index (κ2) is 3.37. The van der Waals surface area contributed by atoms with Crippen LogP contribution in [-0.4, -0.2) is 6.04 Å². The predicted molar refractivity (Wildman–Crippen MR) is 51.8 cm³/mol. The van der Waals surface area contributed by atoms with Gasteiger partial charge in [-0.2, -0.15) is 0 Å². The Morgan fingerprint density at radius 1 is 1.33 bits per heavy atom. The largest absolute Gasteiger partial charge is 0.328 e. The Balaban J connectivity index is 1.82. The van der Waals surface area contributed by atoms with Gasteiger partial charge in [0.05, 0.1) is 0 Å². The van der Waals surface area contributed by atoms with Crippen LogP contribution in [0, 0.1) is 17.8 Å². The van der Waals surface area contributed by atoms with Gasteiger partial charge in [0.15, 0.2) is 0 Å².